The third kappa shape index (κ3) is 1.06. The van der Waals surface area contributed by atoms with Gasteiger partial charge in [0.15, 0.2) is 5.60 Å². The van der Waals surface area contributed by atoms with Gasteiger partial charge >= 0.3 is 5.97 Å². The van der Waals surface area contributed by atoms with Gasteiger partial charge in [0.2, 0.25) is 5.78 Å². The molecule has 0 saturated carbocycles. The standard InChI is InChI=1S/C12H10O3/c13-10-5-6-12(15-10)7-8-3-1-2-4-9(8)11(12)14/h1-4H,5-7H2/t12-/m0/s1. The van der Waals surface area contributed by atoms with Gasteiger partial charge in [-0.05, 0) is 5.56 Å². The zero-order chi connectivity index (χ0) is 10.5. The Morgan fingerprint density at radius 2 is 2.00 bits per heavy atom. The van der Waals surface area contributed by atoms with Crippen LogP contribution in [0.3, 0.4) is 0 Å². The van der Waals surface area contributed by atoms with E-state index >= 15 is 0 Å². The summed E-state index contributed by atoms with van der Waals surface area (Å²) in [6.45, 7) is 0. The second-order valence-electron chi connectivity index (χ2n) is 4.13. The average Bonchev–Trinajstić information content (AvgIpc) is 2.72. The van der Waals surface area contributed by atoms with Gasteiger partial charge in [0.1, 0.15) is 0 Å². The minimum atomic E-state index is -0.860. The molecule has 1 aliphatic heterocycles. The SMILES string of the molecule is O=C1CC[C@@]2(Cc3ccccc3C2=O)O1. The van der Waals surface area contributed by atoms with Crippen molar-refractivity contribution in [2.45, 2.75) is 24.9 Å². The first-order valence-electron chi connectivity index (χ1n) is 5.06. The summed E-state index contributed by atoms with van der Waals surface area (Å²) in [6, 6.07) is 7.47. The summed E-state index contributed by atoms with van der Waals surface area (Å²) in [5, 5.41) is 0. The van der Waals surface area contributed by atoms with Crippen molar-refractivity contribution in [2.75, 3.05) is 0 Å². The lowest BCUT2D eigenvalue weighted by Crippen LogP contribution is -2.35. The molecule has 0 N–H and O–H groups in total. The average molecular weight is 202 g/mol. The number of hydrogen-bond donors (Lipinski definition) is 0. The van der Waals surface area contributed by atoms with Gasteiger partial charge in [-0.3, -0.25) is 9.59 Å². The molecule has 0 aromatic heterocycles. The second kappa shape index (κ2) is 2.69. The number of ketones is 1. The van der Waals surface area contributed by atoms with Crippen LogP contribution in [0.25, 0.3) is 0 Å². The molecule has 1 aromatic carbocycles. The monoisotopic (exact) mass is 202 g/mol. The molecule has 0 bridgehead atoms. The number of carbonyl (C=O) groups is 2. The Balaban J connectivity index is 2.07. The van der Waals surface area contributed by atoms with Crippen molar-refractivity contribution in [1.82, 2.24) is 0 Å². The van der Waals surface area contributed by atoms with Crippen molar-refractivity contribution in [3.05, 3.63) is 35.4 Å². The summed E-state index contributed by atoms with van der Waals surface area (Å²) in [7, 11) is 0. The van der Waals surface area contributed by atoms with Gasteiger partial charge in [-0.1, -0.05) is 24.3 Å². The van der Waals surface area contributed by atoms with E-state index in [1.54, 1.807) is 6.07 Å². The smallest absolute Gasteiger partial charge is 0.306 e. The Morgan fingerprint density at radius 3 is 2.67 bits per heavy atom. The first kappa shape index (κ1) is 8.65. The lowest BCUT2D eigenvalue weighted by atomic mass is 9.95. The lowest BCUT2D eigenvalue weighted by molar-refractivity contribution is -0.145. The maximum atomic E-state index is 12.1. The molecule has 76 valence electrons. The van der Waals surface area contributed by atoms with Crippen LogP contribution in [0.15, 0.2) is 24.3 Å². The van der Waals surface area contributed by atoms with Gasteiger partial charge in [-0.25, -0.2) is 0 Å². The van der Waals surface area contributed by atoms with Crippen LogP contribution >= 0.6 is 0 Å². The van der Waals surface area contributed by atoms with Crippen LogP contribution in [0.2, 0.25) is 0 Å². The molecule has 0 amide bonds. The highest BCUT2D eigenvalue weighted by Crippen LogP contribution is 2.39. The van der Waals surface area contributed by atoms with Gasteiger partial charge < -0.3 is 4.74 Å². The third-order valence-electron chi connectivity index (χ3n) is 3.19. The predicted molar refractivity (Wildman–Crippen MR) is 52.5 cm³/mol. The van der Waals surface area contributed by atoms with Gasteiger partial charge in [0.05, 0.1) is 0 Å². The highest BCUT2D eigenvalue weighted by Gasteiger charge is 2.51. The molecular formula is C12H10O3. The molecule has 1 spiro atoms. The fourth-order valence-corrected chi connectivity index (χ4v) is 2.44. The Kier molecular flexibility index (Phi) is 1.55. The van der Waals surface area contributed by atoms with E-state index in [-0.39, 0.29) is 11.8 Å². The summed E-state index contributed by atoms with van der Waals surface area (Å²) in [4.78, 5) is 23.2. The van der Waals surface area contributed by atoms with Gasteiger partial charge in [-0.15, -0.1) is 0 Å². The zero-order valence-electron chi connectivity index (χ0n) is 8.16. The van der Waals surface area contributed by atoms with Crippen molar-refractivity contribution < 1.29 is 14.3 Å². The first-order valence-corrected chi connectivity index (χ1v) is 5.06. The Morgan fingerprint density at radius 1 is 1.20 bits per heavy atom. The van der Waals surface area contributed by atoms with Crippen LogP contribution in [-0.2, 0) is 16.0 Å². The van der Waals surface area contributed by atoms with E-state index in [1.165, 1.54) is 0 Å². The normalized spacial score (nSPS) is 28.3. The summed E-state index contributed by atoms with van der Waals surface area (Å²) in [6.07, 6.45) is 1.44. The first-order chi connectivity index (χ1) is 7.21. The number of carbonyl (C=O) groups excluding carboxylic acids is 2. The maximum Gasteiger partial charge on any atom is 0.306 e. The van der Waals surface area contributed by atoms with Crippen LogP contribution in [0.5, 0.6) is 0 Å². The number of Topliss-reactive ketones (excluding diaryl/α,β-unsaturated/α-hetero) is 1. The van der Waals surface area contributed by atoms with Gasteiger partial charge in [0.25, 0.3) is 0 Å². The predicted octanol–water partition coefficient (Wildman–Crippen LogP) is 1.50. The van der Waals surface area contributed by atoms with Crippen LogP contribution in [0.1, 0.15) is 28.8 Å². The second-order valence-corrected chi connectivity index (χ2v) is 4.13. The highest BCUT2D eigenvalue weighted by atomic mass is 16.6. The van der Waals surface area contributed by atoms with Crippen molar-refractivity contribution in [1.29, 1.82) is 0 Å². The van der Waals surface area contributed by atoms with Crippen LogP contribution in [0.4, 0.5) is 0 Å². The van der Waals surface area contributed by atoms with Crippen molar-refractivity contribution in [2.24, 2.45) is 0 Å². The molecule has 1 aliphatic carbocycles. The molecule has 1 fully saturated rings. The fourth-order valence-electron chi connectivity index (χ4n) is 2.44. The van der Waals surface area contributed by atoms with E-state index in [0.29, 0.717) is 24.8 Å². The topological polar surface area (TPSA) is 43.4 Å². The number of fused-ring (bicyclic) bond motifs is 1. The number of rotatable bonds is 0. The Bertz CT molecular complexity index is 464. The summed E-state index contributed by atoms with van der Waals surface area (Å²) >= 11 is 0. The summed E-state index contributed by atoms with van der Waals surface area (Å²) in [5.74, 6) is -0.278. The van der Waals surface area contributed by atoms with Crippen LogP contribution < -0.4 is 0 Å². The molecule has 1 aromatic rings. The molecule has 0 unspecified atom stereocenters. The molecular weight excluding hydrogens is 192 g/mol. The molecule has 3 rings (SSSR count). The van der Waals surface area contributed by atoms with E-state index in [1.807, 2.05) is 18.2 Å². The zero-order valence-corrected chi connectivity index (χ0v) is 8.16. The number of hydrogen-bond acceptors (Lipinski definition) is 3. The molecule has 1 atom stereocenters. The van der Waals surface area contributed by atoms with Crippen molar-refractivity contribution >= 4 is 11.8 Å². The molecule has 2 aliphatic rings. The lowest BCUT2D eigenvalue weighted by Gasteiger charge is -2.18. The van der Waals surface area contributed by atoms with E-state index < -0.39 is 5.60 Å². The van der Waals surface area contributed by atoms with Crippen molar-refractivity contribution in [3.8, 4) is 0 Å². The molecule has 1 saturated heterocycles. The fraction of sp³-hybridized carbons (Fsp3) is 0.333. The molecule has 15 heavy (non-hydrogen) atoms. The largest absolute Gasteiger partial charge is 0.450 e. The van der Waals surface area contributed by atoms with Gasteiger partial charge in [0, 0.05) is 24.8 Å². The number of esters is 1. The molecule has 1 heterocycles. The van der Waals surface area contributed by atoms with E-state index in [9.17, 15) is 9.59 Å². The Hall–Kier alpha value is -1.64. The number of benzene rings is 1. The Labute approximate surface area is 87.0 Å². The minimum absolute atomic E-state index is 0.0241. The summed E-state index contributed by atoms with van der Waals surface area (Å²) < 4.78 is 5.22. The highest BCUT2D eigenvalue weighted by molar-refractivity contribution is 6.08. The number of ether oxygens (including phenoxy) is 1. The van der Waals surface area contributed by atoms with E-state index in [4.69, 9.17) is 4.74 Å². The minimum Gasteiger partial charge on any atom is -0.450 e. The van der Waals surface area contributed by atoms with Crippen LogP contribution in [-0.4, -0.2) is 17.4 Å². The van der Waals surface area contributed by atoms with E-state index in [2.05, 4.69) is 0 Å². The molecule has 0 radical (unpaired) electrons. The van der Waals surface area contributed by atoms with Gasteiger partial charge in [-0.2, -0.15) is 0 Å². The summed E-state index contributed by atoms with van der Waals surface area (Å²) in [5.41, 5.74) is 0.852. The maximum absolute atomic E-state index is 12.1. The molecule has 3 nitrogen and oxygen atoms in total. The van der Waals surface area contributed by atoms with Crippen LogP contribution in [0, 0.1) is 0 Å². The molecule has 3 heteroatoms. The quantitative estimate of drug-likeness (QED) is 0.599. The van der Waals surface area contributed by atoms with Crippen molar-refractivity contribution in [3.63, 3.8) is 0 Å². The third-order valence-corrected chi connectivity index (χ3v) is 3.19. The van der Waals surface area contributed by atoms with E-state index in [0.717, 1.165) is 5.56 Å².